The van der Waals surface area contributed by atoms with Crippen molar-refractivity contribution in [2.24, 2.45) is 0 Å². The van der Waals surface area contributed by atoms with Crippen LogP contribution in [0.2, 0.25) is 0 Å². The summed E-state index contributed by atoms with van der Waals surface area (Å²) in [6, 6.07) is 7.40. The minimum Gasteiger partial charge on any atom is -0.449 e. The Balaban J connectivity index is 1.80. The molecule has 0 aliphatic carbocycles. The first-order valence-electron chi connectivity index (χ1n) is 6.95. The van der Waals surface area contributed by atoms with Crippen LogP contribution < -0.4 is 5.73 Å². The van der Waals surface area contributed by atoms with E-state index in [4.69, 9.17) is 10.5 Å². The molecule has 0 unspecified atom stereocenters. The number of ketones is 1. The minimum atomic E-state index is -0.969. The maximum Gasteiger partial charge on any atom is 0.361 e. The molecule has 0 aliphatic heterocycles. The van der Waals surface area contributed by atoms with E-state index in [1.165, 1.54) is 19.3 Å². The normalized spacial score (nSPS) is 12.0. The maximum atomic E-state index is 12.5. The number of Topliss-reactive ketones (excluding diaryl/α,β-unsaturated/α-hetero) is 1. The van der Waals surface area contributed by atoms with Gasteiger partial charge in [0.2, 0.25) is 5.78 Å². The molecule has 7 heteroatoms. The minimum absolute atomic E-state index is 0.0377. The number of carbonyl (C=O) groups excluding carboxylic acids is 2. The largest absolute Gasteiger partial charge is 0.449 e. The number of nitrogens with zero attached hydrogens (tertiary/aromatic N) is 2. The highest BCUT2D eigenvalue weighted by molar-refractivity contribution is 6.10. The lowest BCUT2D eigenvalue weighted by Gasteiger charge is -2.12. The highest BCUT2D eigenvalue weighted by Crippen LogP contribution is 2.20. The number of aromatic nitrogens is 3. The van der Waals surface area contributed by atoms with Crippen molar-refractivity contribution in [2.45, 2.75) is 13.0 Å². The van der Waals surface area contributed by atoms with Crippen LogP contribution in [0.25, 0.3) is 10.9 Å². The van der Waals surface area contributed by atoms with Crippen molar-refractivity contribution in [3.8, 4) is 0 Å². The second-order valence-corrected chi connectivity index (χ2v) is 4.95. The third-order valence-corrected chi connectivity index (χ3v) is 3.43. The molecule has 0 radical (unpaired) electrons. The van der Waals surface area contributed by atoms with Crippen molar-refractivity contribution in [2.75, 3.05) is 5.73 Å². The van der Waals surface area contributed by atoms with E-state index in [1.54, 1.807) is 6.20 Å². The number of anilines is 1. The summed E-state index contributed by atoms with van der Waals surface area (Å²) in [6.07, 6.45) is 3.34. The predicted octanol–water partition coefficient (Wildman–Crippen LogP) is 1.97. The second-order valence-electron chi connectivity index (χ2n) is 4.95. The van der Waals surface area contributed by atoms with Crippen LogP contribution in [-0.4, -0.2) is 32.8 Å². The van der Waals surface area contributed by atoms with Gasteiger partial charge in [0.05, 0.1) is 0 Å². The summed E-state index contributed by atoms with van der Waals surface area (Å²) in [5.41, 5.74) is 6.78. The number of carbonyl (C=O) groups is 2. The molecule has 116 valence electrons. The zero-order chi connectivity index (χ0) is 16.4. The van der Waals surface area contributed by atoms with E-state index < -0.39 is 12.1 Å². The topological polar surface area (TPSA) is 111 Å². The molecule has 0 bridgehead atoms. The maximum absolute atomic E-state index is 12.5. The van der Waals surface area contributed by atoms with Crippen LogP contribution >= 0.6 is 0 Å². The van der Waals surface area contributed by atoms with Crippen LogP contribution in [-0.2, 0) is 4.74 Å². The van der Waals surface area contributed by atoms with E-state index in [0.717, 1.165) is 10.9 Å². The predicted molar refractivity (Wildman–Crippen MR) is 84.0 cm³/mol. The van der Waals surface area contributed by atoms with E-state index in [-0.39, 0.29) is 17.3 Å². The van der Waals surface area contributed by atoms with Gasteiger partial charge in [0.1, 0.15) is 0 Å². The molecule has 7 nitrogen and oxygen atoms in total. The number of nitrogens with two attached hydrogens (primary N) is 1. The molecular formula is C16H14N4O3. The number of hydrogen-bond donors (Lipinski definition) is 2. The Morgan fingerprint density at radius 1 is 1.22 bits per heavy atom. The average molecular weight is 310 g/mol. The number of esters is 1. The van der Waals surface area contributed by atoms with E-state index >= 15 is 0 Å². The molecule has 23 heavy (non-hydrogen) atoms. The second kappa shape index (κ2) is 5.88. The average Bonchev–Trinajstić information content (AvgIpc) is 2.98. The van der Waals surface area contributed by atoms with Gasteiger partial charge in [-0.05, 0) is 13.0 Å². The fourth-order valence-corrected chi connectivity index (χ4v) is 2.27. The Morgan fingerprint density at radius 3 is 2.74 bits per heavy atom. The number of ether oxygens (including phenoxy) is 1. The van der Waals surface area contributed by atoms with Gasteiger partial charge in [-0.3, -0.25) is 4.79 Å². The SMILES string of the molecule is C[C@H](OC(=O)c1nccnc1N)C(=O)c1c[nH]c2ccccc12. The number of hydrogen-bond acceptors (Lipinski definition) is 6. The summed E-state index contributed by atoms with van der Waals surface area (Å²) in [6.45, 7) is 1.51. The molecule has 3 aromatic rings. The zero-order valence-corrected chi connectivity index (χ0v) is 12.3. The quantitative estimate of drug-likeness (QED) is 0.563. The van der Waals surface area contributed by atoms with Gasteiger partial charge in [-0.15, -0.1) is 0 Å². The molecule has 0 saturated carbocycles. The molecule has 1 aromatic carbocycles. The monoisotopic (exact) mass is 310 g/mol. The molecule has 0 saturated heterocycles. The van der Waals surface area contributed by atoms with Gasteiger partial charge in [0.25, 0.3) is 0 Å². The smallest absolute Gasteiger partial charge is 0.361 e. The third kappa shape index (κ3) is 2.76. The highest BCUT2D eigenvalue weighted by atomic mass is 16.5. The molecule has 0 aliphatic rings. The van der Waals surface area contributed by atoms with Crippen molar-refractivity contribution >= 4 is 28.5 Å². The van der Waals surface area contributed by atoms with Crippen LogP contribution in [0.5, 0.6) is 0 Å². The van der Waals surface area contributed by atoms with Crippen LogP contribution in [0.4, 0.5) is 5.82 Å². The molecule has 3 N–H and O–H groups in total. The Labute approximate surface area is 131 Å². The van der Waals surface area contributed by atoms with Gasteiger partial charge >= 0.3 is 5.97 Å². The number of rotatable bonds is 4. The highest BCUT2D eigenvalue weighted by Gasteiger charge is 2.24. The summed E-state index contributed by atoms with van der Waals surface area (Å²) in [4.78, 5) is 35.2. The molecule has 0 spiro atoms. The molecule has 0 amide bonds. The van der Waals surface area contributed by atoms with E-state index in [9.17, 15) is 9.59 Å². The number of nitrogen functional groups attached to an aromatic ring is 1. The number of nitrogens with one attached hydrogen (secondary N) is 1. The molecular weight excluding hydrogens is 296 g/mol. The third-order valence-electron chi connectivity index (χ3n) is 3.43. The van der Waals surface area contributed by atoms with Crippen molar-refractivity contribution in [1.82, 2.24) is 15.0 Å². The Morgan fingerprint density at radius 2 is 1.96 bits per heavy atom. The Bertz CT molecular complexity index is 888. The summed E-state index contributed by atoms with van der Waals surface area (Å²) in [7, 11) is 0. The van der Waals surface area contributed by atoms with E-state index in [0.29, 0.717) is 5.56 Å². The first kappa shape index (κ1) is 14.7. The van der Waals surface area contributed by atoms with Crippen LogP contribution in [0.1, 0.15) is 27.8 Å². The van der Waals surface area contributed by atoms with Gasteiger partial charge in [0.15, 0.2) is 17.6 Å². The Hall–Kier alpha value is -3.22. The van der Waals surface area contributed by atoms with Crippen LogP contribution in [0.15, 0.2) is 42.9 Å². The van der Waals surface area contributed by atoms with Gasteiger partial charge < -0.3 is 15.5 Å². The van der Waals surface area contributed by atoms with Gasteiger partial charge in [-0.1, -0.05) is 18.2 Å². The standard InChI is InChI=1S/C16H14N4O3/c1-9(23-16(22)13-15(17)19-7-6-18-13)14(21)11-8-20-12-5-3-2-4-10(11)12/h2-9,20H,1H3,(H2,17,19)/t9-/m0/s1. The fraction of sp³-hybridized carbons (Fsp3) is 0.125. The fourth-order valence-electron chi connectivity index (χ4n) is 2.27. The summed E-state index contributed by atoms with van der Waals surface area (Å²) >= 11 is 0. The summed E-state index contributed by atoms with van der Waals surface area (Å²) in [5, 5.41) is 0.777. The number of benzene rings is 1. The number of fused-ring (bicyclic) bond motifs is 1. The van der Waals surface area contributed by atoms with Crippen molar-refractivity contribution < 1.29 is 14.3 Å². The zero-order valence-electron chi connectivity index (χ0n) is 12.3. The number of H-pyrrole nitrogens is 1. The van der Waals surface area contributed by atoms with E-state index in [1.807, 2.05) is 24.3 Å². The van der Waals surface area contributed by atoms with Crippen molar-refractivity contribution in [3.63, 3.8) is 0 Å². The summed E-state index contributed by atoms with van der Waals surface area (Å²) < 4.78 is 5.17. The number of aromatic amines is 1. The van der Waals surface area contributed by atoms with Crippen molar-refractivity contribution in [1.29, 1.82) is 0 Å². The number of para-hydroxylation sites is 1. The molecule has 0 fully saturated rings. The van der Waals surface area contributed by atoms with E-state index in [2.05, 4.69) is 15.0 Å². The summed E-state index contributed by atoms with van der Waals surface area (Å²) in [5.74, 6) is -1.13. The van der Waals surface area contributed by atoms with Crippen LogP contribution in [0.3, 0.4) is 0 Å². The first-order valence-corrected chi connectivity index (χ1v) is 6.95. The molecule has 3 rings (SSSR count). The first-order chi connectivity index (χ1) is 11.1. The van der Waals surface area contributed by atoms with Crippen molar-refractivity contribution in [3.05, 3.63) is 54.1 Å². The Kier molecular flexibility index (Phi) is 3.76. The lowest BCUT2D eigenvalue weighted by Crippen LogP contribution is -2.25. The molecule has 2 heterocycles. The van der Waals surface area contributed by atoms with Gasteiger partial charge in [0, 0.05) is 35.1 Å². The molecule has 2 aromatic heterocycles. The van der Waals surface area contributed by atoms with Crippen LogP contribution in [0, 0.1) is 0 Å². The lowest BCUT2D eigenvalue weighted by atomic mass is 10.1. The lowest BCUT2D eigenvalue weighted by molar-refractivity contribution is 0.0314. The molecule has 1 atom stereocenters. The van der Waals surface area contributed by atoms with Gasteiger partial charge in [-0.2, -0.15) is 0 Å². The van der Waals surface area contributed by atoms with Gasteiger partial charge in [-0.25, -0.2) is 14.8 Å².